The standard InChI is InChI=1S/C18H14/c1-3-8-15(9-4-1)17-12-7-13-18(14-17)16-10-5-2-6-11-16/h1-14H/i1D,2D,3D,4D,5D,6D,7D,8D,9D,10D,11D,12D,13D,14D. The minimum absolute atomic E-state index is 0.548. The summed E-state index contributed by atoms with van der Waals surface area (Å²) < 4.78 is 113. The molecule has 0 amide bonds. The molecule has 86 valence electrons. The lowest BCUT2D eigenvalue weighted by atomic mass is 9.99. The van der Waals surface area contributed by atoms with Gasteiger partial charge in [-0.25, -0.2) is 0 Å². The van der Waals surface area contributed by atoms with Gasteiger partial charge in [-0.1, -0.05) is 78.6 Å². The Bertz CT molecular complexity index is 1160. The lowest BCUT2D eigenvalue weighted by molar-refractivity contribution is 1.59. The van der Waals surface area contributed by atoms with Gasteiger partial charge in [0, 0.05) is 0 Å². The van der Waals surface area contributed by atoms with E-state index in [2.05, 4.69) is 0 Å². The molecule has 0 heteroatoms. The first-order valence-corrected chi connectivity index (χ1v) is 5.00. The maximum absolute atomic E-state index is 8.58. The second-order valence-corrected chi connectivity index (χ2v) is 3.25. The van der Waals surface area contributed by atoms with Crippen LogP contribution in [0.4, 0.5) is 0 Å². The first kappa shape index (κ1) is 3.36. The lowest BCUT2D eigenvalue weighted by Crippen LogP contribution is -1.80. The molecule has 0 aliphatic carbocycles. The van der Waals surface area contributed by atoms with E-state index in [1.54, 1.807) is 0 Å². The largest absolute Gasteiger partial charge is 0.0636 e. The highest BCUT2D eigenvalue weighted by atomic mass is 14.0. The summed E-state index contributed by atoms with van der Waals surface area (Å²) in [5.74, 6) is 0. The molecule has 0 atom stereocenters. The molecule has 0 bridgehead atoms. The van der Waals surface area contributed by atoms with E-state index in [0.29, 0.717) is 0 Å². The second kappa shape index (κ2) is 4.89. The summed E-state index contributed by atoms with van der Waals surface area (Å²) in [6.45, 7) is 0. The van der Waals surface area contributed by atoms with Gasteiger partial charge in [-0.05, 0) is 28.3 Å². The molecule has 3 rings (SSSR count). The van der Waals surface area contributed by atoms with Crippen molar-refractivity contribution in [3.63, 3.8) is 0 Å². The molecule has 0 N–H and O–H groups in total. The lowest BCUT2D eigenvalue weighted by Gasteiger charge is -2.05. The Kier molecular flexibility index (Phi) is 0.912. The average Bonchev–Trinajstić information content (AvgIpc) is 2.76. The molecule has 0 heterocycles. The summed E-state index contributed by atoms with van der Waals surface area (Å²) in [6, 6.07) is -10.3. The Morgan fingerprint density at radius 3 is 1.28 bits per heavy atom. The van der Waals surface area contributed by atoms with E-state index in [1.165, 1.54) is 0 Å². The SMILES string of the molecule is [2H]c1c([2H])c([2H])c(-c2c([2H])c([2H])c([2H])c(-c3c([2H])c([2H])c([2H])c([2H])c3[2H])c2[2H])c([2H])c1[2H]. The monoisotopic (exact) mass is 244 g/mol. The van der Waals surface area contributed by atoms with E-state index in [-0.39, 0.29) is 0 Å². The van der Waals surface area contributed by atoms with Crippen molar-refractivity contribution in [2.45, 2.75) is 0 Å². The van der Waals surface area contributed by atoms with Gasteiger partial charge in [0.25, 0.3) is 0 Å². The summed E-state index contributed by atoms with van der Waals surface area (Å²) in [5, 5.41) is 0. The van der Waals surface area contributed by atoms with Crippen molar-refractivity contribution >= 4 is 0 Å². The molecule has 0 aliphatic heterocycles. The summed E-state index contributed by atoms with van der Waals surface area (Å²) in [5.41, 5.74) is -2.23. The molecule has 0 nitrogen and oxygen atoms in total. The maximum atomic E-state index is 8.58. The van der Waals surface area contributed by atoms with Crippen LogP contribution < -0.4 is 0 Å². The van der Waals surface area contributed by atoms with Crippen LogP contribution in [0.25, 0.3) is 22.3 Å². The topological polar surface area (TPSA) is 0 Å². The third kappa shape index (κ3) is 2.18. The number of benzene rings is 3. The van der Waals surface area contributed by atoms with Gasteiger partial charge in [0.2, 0.25) is 0 Å². The van der Waals surface area contributed by atoms with Crippen LogP contribution in [0.5, 0.6) is 0 Å². The number of rotatable bonds is 2. The van der Waals surface area contributed by atoms with Gasteiger partial charge in [-0.2, -0.15) is 0 Å². The first-order chi connectivity index (χ1) is 14.7. The molecule has 0 saturated heterocycles. The molecule has 0 spiro atoms. The van der Waals surface area contributed by atoms with Crippen molar-refractivity contribution in [3.05, 3.63) is 84.6 Å². The molecule has 0 aromatic heterocycles. The van der Waals surface area contributed by atoms with Gasteiger partial charge >= 0.3 is 0 Å². The highest BCUT2D eigenvalue weighted by molar-refractivity contribution is 5.72. The smallest absolute Gasteiger partial charge is 0.0622 e. The van der Waals surface area contributed by atoms with Crippen LogP contribution in [-0.4, -0.2) is 0 Å². The average molecular weight is 244 g/mol. The zero-order chi connectivity index (χ0) is 24.4. The Balaban J connectivity index is 2.59. The highest BCUT2D eigenvalue weighted by Gasteiger charge is 2.00. The first-order valence-electron chi connectivity index (χ1n) is 12.0. The fraction of sp³-hybridized carbons (Fsp3) is 0. The third-order valence-corrected chi connectivity index (χ3v) is 2.12. The molecule has 18 heavy (non-hydrogen) atoms. The molecular weight excluding hydrogens is 216 g/mol. The summed E-state index contributed by atoms with van der Waals surface area (Å²) in [4.78, 5) is 0. The van der Waals surface area contributed by atoms with E-state index in [0.717, 1.165) is 0 Å². The predicted molar refractivity (Wildman–Crippen MR) is 77.3 cm³/mol. The Labute approximate surface area is 127 Å². The maximum Gasteiger partial charge on any atom is 0.0636 e. The summed E-state index contributed by atoms with van der Waals surface area (Å²) >= 11 is 0. The normalized spacial score (nSPS) is 21.1. The summed E-state index contributed by atoms with van der Waals surface area (Å²) in [6.07, 6.45) is 0. The fourth-order valence-corrected chi connectivity index (χ4v) is 1.34. The molecular formula is C18H14. The van der Waals surface area contributed by atoms with E-state index in [4.69, 9.17) is 19.2 Å². The van der Waals surface area contributed by atoms with Gasteiger partial charge in [0.15, 0.2) is 0 Å². The van der Waals surface area contributed by atoms with Gasteiger partial charge in [-0.3, -0.25) is 0 Å². The van der Waals surface area contributed by atoms with Crippen molar-refractivity contribution in [3.8, 4) is 22.3 Å². The van der Waals surface area contributed by atoms with Crippen molar-refractivity contribution in [2.75, 3.05) is 0 Å². The van der Waals surface area contributed by atoms with Crippen molar-refractivity contribution in [1.82, 2.24) is 0 Å². The second-order valence-electron chi connectivity index (χ2n) is 3.25. The van der Waals surface area contributed by atoms with Gasteiger partial charge in [0.05, 0.1) is 19.2 Å². The minimum Gasteiger partial charge on any atom is -0.0622 e. The van der Waals surface area contributed by atoms with Crippen molar-refractivity contribution in [1.29, 1.82) is 0 Å². The van der Waals surface area contributed by atoms with Crippen LogP contribution in [0.3, 0.4) is 0 Å². The van der Waals surface area contributed by atoms with Crippen molar-refractivity contribution < 1.29 is 19.2 Å². The van der Waals surface area contributed by atoms with Gasteiger partial charge in [-0.15, -0.1) is 0 Å². The Morgan fingerprint density at radius 2 is 0.833 bits per heavy atom. The minimum atomic E-state index is -0.787. The predicted octanol–water partition coefficient (Wildman–Crippen LogP) is 5.02. The van der Waals surface area contributed by atoms with E-state index < -0.39 is 107 Å². The highest BCUT2D eigenvalue weighted by Crippen LogP contribution is 2.25. The molecule has 0 unspecified atom stereocenters. The zero-order valence-electron chi connectivity index (χ0n) is 23.0. The Morgan fingerprint density at radius 1 is 0.444 bits per heavy atom. The molecule has 0 aliphatic rings. The quantitative estimate of drug-likeness (QED) is 0.593. The van der Waals surface area contributed by atoms with Gasteiger partial charge in [0.1, 0.15) is 0 Å². The van der Waals surface area contributed by atoms with E-state index in [9.17, 15) is 0 Å². The molecule has 0 radical (unpaired) electrons. The van der Waals surface area contributed by atoms with Crippen LogP contribution in [-0.2, 0) is 0 Å². The molecule has 0 saturated carbocycles. The Hall–Kier alpha value is -2.34. The molecule has 0 fully saturated rings. The third-order valence-electron chi connectivity index (χ3n) is 2.12. The number of hydrogen-bond donors (Lipinski definition) is 0. The van der Waals surface area contributed by atoms with Crippen LogP contribution in [0.15, 0.2) is 84.6 Å². The number of hydrogen-bond acceptors (Lipinski definition) is 0. The zero-order valence-corrected chi connectivity index (χ0v) is 9.00. The summed E-state index contributed by atoms with van der Waals surface area (Å²) in [7, 11) is 0. The van der Waals surface area contributed by atoms with Crippen molar-refractivity contribution in [2.24, 2.45) is 0 Å². The van der Waals surface area contributed by atoms with Crippen LogP contribution in [0, 0.1) is 0 Å². The van der Waals surface area contributed by atoms with Crippen LogP contribution in [0.2, 0.25) is 0 Å². The molecule has 3 aromatic carbocycles. The fourth-order valence-electron chi connectivity index (χ4n) is 1.34. The van der Waals surface area contributed by atoms with Gasteiger partial charge < -0.3 is 0 Å². The van der Waals surface area contributed by atoms with E-state index in [1.807, 2.05) is 0 Å². The van der Waals surface area contributed by atoms with E-state index >= 15 is 0 Å². The van der Waals surface area contributed by atoms with Crippen LogP contribution in [0.1, 0.15) is 19.2 Å². The molecule has 3 aromatic rings. The van der Waals surface area contributed by atoms with Crippen LogP contribution >= 0.6 is 0 Å².